The first kappa shape index (κ1) is 21.6. The van der Waals surface area contributed by atoms with Crippen molar-refractivity contribution in [3.8, 4) is 0 Å². The van der Waals surface area contributed by atoms with Gasteiger partial charge < -0.3 is 10.0 Å². The lowest BCUT2D eigenvalue weighted by molar-refractivity contribution is 0.188. The van der Waals surface area contributed by atoms with Crippen molar-refractivity contribution in [2.24, 2.45) is 0 Å². The quantitative estimate of drug-likeness (QED) is 0.490. The fraction of sp³-hybridized carbons (Fsp3) is 0.421. The van der Waals surface area contributed by atoms with Crippen molar-refractivity contribution in [1.82, 2.24) is 29.4 Å². The number of benzene rings is 1. The molecule has 12 heteroatoms. The van der Waals surface area contributed by atoms with E-state index in [1.165, 1.54) is 12.1 Å². The molecule has 1 aliphatic rings. The number of fused-ring (bicyclic) bond motifs is 1. The van der Waals surface area contributed by atoms with Crippen LogP contribution in [0.15, 0.2) is 41.3 Å². The molecule has 1 aliphatic heterocycles. The predicted molar refractivity (Wildman–Crippen MR) is 112 cm³/mol. The first-order chi connectivity index (χ1) is 15.0. The predicted octanol–water partition coefficient (Wildman–Crippen LogP) is -0.101. The normalized spacial score (nSPS) is 15.6. The second-order valence-corrected chi connectivity index (χ2v) is 9.00. The van der Waals surface area contributed by atoms with Gasteiger partial charge in [0.05, 0.1) is 11.5 Å². The highest BCUT2D eigenvalue weighted by Gasteiger charge is 2.19. The topological polar surface area (TPSA) is 116 Å². The average Bonchev–Trinajstić information content (AvgIpc) is 3.17. The van der Waals surface area contributed by atoms with Gasteiger partial charge in [-0.1, -0.05) is 0 Å². The molecule has 0 bridgehead atoms. The first-order valence-corrected chi connectivity index (χ1v) is 11.5. The van der Waals surface area contributed by atoms with Crippen LogP contribution in [0.1, 0.15) is 5.82 Å². The first-order valence-electron chi connectivity index (χ1n) is 10.0. The SMILES string of the molecule is O=S(=O)(NCCc1nnc2ccc(N3CCN(CCO)CC3)nn12)c1ccc(F)cc1. The molecule has 1 fully saturated rings. The molecule has 4 rings (SSSR count). The maximum Gasteiger partial charge on any atom is 0.240 e. The van der Waals surface area contributed by atoms with Crippen molar-refractivity contribution in [2.45, 2.75) is 11.3 Å². The number of hydrogen-bond donors (Lipinski definition) is 2. The molecule has 31 heavy (non-hydrogen) atoms. The van der Waals surface area contributed by atoms with E-state index in [0.29, 0.717) is 24.4 Å². The average molecular weight is 450 g/mol. The van der Waals surface area contributed by atoms with Gasteiger partial charge in [-0.2, -0.15) is 4.52 Å². The van der Waals surface area contributed by atoms with Crippen LogP contribution >= 0.6 is 0 Å². The van der Waals surface area contributed by atoms with Crippen LogP contribution in [-0.2, 0) is 16.4 Å². The van der Waals surface area contributed by atoms with Crippen LogP contribution in [0.3, 0.4) is 0 Å². The molecule has 0 aliphatic carbocycles. The second-order valence-electron chi connectivity index (χ2n) is 7.23. The summed E-state index contributed by atoms with van der Waals surface area (Å²) in [5.41, 5.74) is 0.582. The third-order valence-electron chi connectivity index (χ3n) is 5.19. The van der Waals surface area contributed by atoms with E-state index >= 15 is 0 Å². The molecule has 10 nitrogen and oxygen atoms in total. The summed E-state index contributed by atoms with van der Waals surface area (Å²) >= 11 is 0. The molecule has 0 spiro atoms. The standard InChI is InChI=1S/C19H24FN7O3S/c20-15-1-3-16(4-2-15)31(29,30)21-8-7-18-23-22-17-5-6-19(24-27(17)18)26-11-9-25(10-12-26)13-14-28/h1-6,21,28H,7-14H2. The van der Waals surface area contributed by atoms with E-state index in [1.807, 2.05) is 12.1 Å². The molecule has 166 valence electrons. The number of hydrogen-bond acceptors (Lipinski definition) is 8. The van der Waals surface area contributed by atoms with Gasteiger partial charge in [-0.05, 0) is 36.4 Å². The summed E-state index contributed by atoms with van der Waals surface area (Å²) in [6.45, 7) is 4.22. The molecule has 0 amide bonds. The zero-order valence-corrected chi connectivity index (χ0v) is 17.7. The van der Waals surface area contributed by atoms with Crippen LogP contribution in [0.25, 0.3) is 5.65 Å². The zero-order chi connectivity index (χ0) is 21.8. The van der Waals surface area contributed by atoms with Crippen molar-refractivity contribution in [3.63, 3.8) is 0 Å². The Balaban J connectivity index is 1.42. The molecule has 0 saturated carbocycles. The van der Waals surface area contributed by atoms with Crippen molar-refractivity contribution in [1.29, 1.82) is 0 Å². The summed E-state index contributed by atoms with van der Waals surface area (Å²) < 4.78 is 41.9. The number of piperazine rings is 1. The Bertz CT molecular complexity index is 1130. The molecule has 2 aromatic heterocycles. The fourth-order valence-corrected chi connectivity index (χ4v) is 4.52. The lowest BCUT2D eigenvalue weighted by Gasteiger charge is -2.34. The van der Waals surface area contributed by atoms with Gasteiger partial charge in [-0.25, -0.2) is 17.5 Å². The van der Waals surface area contributed by atoms with Crippen LogP contribution < -0.4 is 9.62 Å². The zero-order valence-electron chi connectivity index (χ0n) is 16.9. The number of β-amino-alcohol motifs (C(OH)–C–C–N with tert-alkyl or cyclic N) is 1. The summed E-state index contributed by atoms with van der Waals surface area (Å²) in [4.78, 5) is 4.36. The molecular weight excluding hydrogens is 425 g/mol. The summed E-state index contributed by atoms with van der Waals surface area (Å²) in [7, 11) is -3.74. The Kier molecular flexibility index (Phi) is 6.41. The number of sulfonamides is 1. The van der Waals surface area contributed by atoms with Gasteiger partial charge in [0.1, 0.15) is 11.6 Å². The number of halogens is 1. The minimum Gasteiger partial charge on any atom is -0.395 e. The van der Waals surface area contributed by atoms with E-state index in [-0.39, 0.29) is 18.0 Å². The molecule has 3 heterocycles. The molecule has 3 aromatic rings. The van der Waals surface area contributed by atoms with E-state index in [1.54, 1.807) is 4.52 Å². The van der Waals surface area contributed by atoms with Gasteiger partial charge in [-0.3, -0.25) is 4.90 Å². The molecule has 0 atom stereocenters. The van der Waals surface area contributed by atoms with Gasteiger partial charge in [0.2, 0.25) is 10.0 Å². The third kappa shape index (κ3) is 4.98. The van der Waals surface area contributed by atoms with Gasteiger partial charge in [0.25, 0.3) is 0 Å². The number of aliphatic hydroxyl groups excluding tert-OH is 1. The summed E-state index contributed by atoms with van der Waals surface area (Å²) in [6.07, 6.45) is 0.294. The lowest BCUT2D eigenvalue weighted by Crippen LogP contribution is -2.47. The molecule has 2 N–H and O–H groups in total. The Hall–Kier alpha value is -2.67. The van der Waals surface area contributed by atoms with E-state index in [0.717, 1.165) is 44.1 Å². The van der Waals surface area contributed by atoms with Crippen molar-refractivity contribution < 1.29 is 17.9 Å². The molecule has 1 aromatic carbocycles. The Morgan fingerprint density at radius 3 is 2.48 bits per heavy atom. The molecule has 0 unspecified atom stereocenters. The molecular formula is C19H24FN7O3S. The summed E-state index contributed by atoms with van der Waals surface area (Å²) in [5, 5.41) is 22.0. The van der Waals surface area contributed by atoms with Crippen LogP contribution in [0.2, 0.25) is 0 Å². The Labute approximate surface area is 179 Å². The number of aromatic nitrogens is 4. The fourth-order valence-electron chi connectivity index (χ4n) is 3.48. The smallest absolute Gasteiger partial charge is 0.240 e. The number of nitrogens with one attached hydrogen (secondary N) is 1. The van der Waals surface area contributed by atoms with Gasteiger partial charge >= 0.3 is 0 Å². The maximum atomic E-state index is 13.0. The van der Waals surface area contributed by atoms with E-state index in [4.69, 9.17) is 5.11 Å². The monoisotopic (exact) mass is 449 g/mol. The molecule has 0 radical (unpaired) electrons. The van der Waals surface area contributed by atoms with Gasteiger partial charge in [-0.15, -0.1) is 15.3 Å². The number of anilines is 1. The Morgan fingerprint density at radius 2 is 1.77 bits per heavy atom. The van der Waals surface area contributed by atoms with Gasteiger partial charge in [0, 0.05) is 45.7 Å². The highest BCUT2D eigenvalue weighted by Crippen LogP contribution is 2.15. The van der Waals surface area contributed by atoms with Crippen LogP contribution in [0.5, 0.6) is 0 Å². The lowest BCUT2D eigenvalue weighted by atomic mass is 10.3. The highest BCUT2D eigenvalue weighted by molar-refractivity contribution is 7.89. The van der Waals surface area contributed by atoms with Crippen LogP contribution in [0, 0.1) is 5.82 Å². The number of rotatable bonds is 8. The van der Waals surface area contributed by atoms with E-state index < -0.39 is 15.8 Å². The van der Waals surface area contributed by atoms with Crippen molar-refractivity contribution in [3.05, 3.63) is 48.0 Å². The minimum atomic E-state index is -3.74. The van der Waals surface area contributed by atoms with E-state index in [9.17, 15) is 12.8 Å². The summed E-state index contributed by atoms with van der Waals surface area (Å²) in [5.74, 6) is 0.840. The second kappa shape index (κ2) is 9.22. The number of nitrogens with zero attached hydrogens (tertiary/aromatic N) is 6. The minimum absolute atomic E-state index is 0.000697. The summed E-state index contributed by atoms with van der Waals surface area (Å²) in [6, 6.07) is 8.39. The Morgan fingerprint density at radius 1 is 1.03 bits per heavy atom. The third-order valence-corrected chi connectivity index (χ3v) is 6.67. The van der Waals surface area contributed by atoms with E-state index in [2.05, 4.69) is 29.8 Å². The largest absolute Gasteiger partial charge is 0.395 e. The van der Waals surface area contributed by atoms with Crippen LogP contribution in [0.4, 0.5) is 10.2 Å². The van der Waals surface area contributed by atoms with Crippen molar-refractivity contribution in [2.75, 3.05) is 50.8 Å². The highest BCUT2D eigenvalue weighted by atomic mass is 32.2. The maximum absolute atomic E-state index is 13.0. The molecule has 1 saturated heterocycles. The van der Waals surface area contributed by atoms with Gasteiger partial charge in [0.15, 0.2) is 11.5 Å². The number of aliphatic hydroxyl groups is 1. The van der Waals surface area contributed by atoms with Crippen LogP contribution in [-0.4, -0.2) is 84.1 Å². The van der Waals surface area contributed by atoms with Crippen molar-refractivity contribution >= 4 is 21.5 Å².